The largest absolute Gasteiger partial charge is 0.365 e. The third-order valence-electron chi connectivity index (χ3n) is 3.64. The van der Waals surface area contributed by atoms with Crippen LogP contribution in [0.5, 0.6) is 0 Å². The van der Waals surface area contributed by atoms with Crippen molar-refractivity contribution in [3.63, 3.8) is 0 Å². The second kappa shape index (κ2) is 5.09. The molecule has 3 aromatic rings. The Kier molecular flexibility index (Phi) is 3.25. The molecule has 108 valence electrons. The maximum atomic E-state index is 12.0. The van der Waals surface area contributed by atoms with Crippen molar-refractivity contribution in [2.75, 3.05) is 5.32 Å². The molecule has 2 heterocycles. The SMILES string of the molecule is Cc1cc(CC(=O)Nc2ccc3c(c2)nc(C)n3C)c[nH]1. The Balaban J connectivity index is 1.76. The molecule has 0 aliphatic rings. The number of imidazole rings is 1. The fraction of sp³-hybridized carbons (Fsp3) is 0.250. The van der Waals surface area contributed by atoms with Gasteiger partial charge in [0, 0.05) is 24.6 Å². The summed E-state index contributed by atoms with van der Waals surface area (Å²) in [6.07, 6.45) is 2.23. The van der Waals surface area contributed by atoms with Gasteiger partial charge < -0.3 is 14.9 Å². The lowest BCUT2D eigenvalue weighted by Gasteiger charge is -2.04. The number of carbonyl (C=O) groups is 1. The van der Waals surface area contributed by atoms with E-state index in [2.05, 4.69) is 15.3 Å². The molecule has 0 aliphatic heterocycles. The van der Waals surface area contributed by atoms with Gasteiger partial charge in [-0.3, -0.25) is 4.79 Å². The van der Waals surface area contributed by atoms with E-state index in [1.807, 2.05) is 55.9 Å². The van der Waals surface area contributed by atoms with E-state index < -0.39 is 0 Å². The Hall–Kier alpha value is -2.56. The summed E-state index contributed by atoms with van der Waals surface area (Å²) in [5.74, 6) is 0.928. The Morgan fingerprint density at radius 1 is 1.33 bits per heavy atom. The van der Waals surface area contributed by atoms with E-state index in [9.17, 15) is 4.79 Å². The summed E-state index contributed by atoms with van der Waals surface area (Å²) in [6, 6.07) is 7.77. The maximum Gasteiger partial charge on any atom is 0.228 e. The number of amides is 1. The minimum Gasteiger partial charge on any atom is -0.365 e. The number of anilines is 1. The highest BCUT2D eigenvalue weighted by molar-refractivity contribution is 5.94. The first-order valence-corrected chi connectivity index (χ1v) is 6.90. The van der Waals surface area contributed by atoms with Crippen LogP contribution in [0.1, 0.15) is 17.1 Å². The maximum absolute atomic E-state index is 12.0. The van der Waals surface area contributed by atoms with Crippen molar-refractivity contribution in [1.82, 2.24) is 14.5 Å². The first kappa shape index (κ1) is 13.4. The Labute approximate surface area is 123 Å². The number of nitrogens with one attached hydrogen (secondary N) is 2. The van der Waals surface area contributed by atoms with Crippen LogP contribution < -0.4 is 5.32 Å². The minimum absolute atomic E-state index is 0.0268. The van der Waals surface area contributed by atoms with Gasteiger partial charge in [-0.05, 0) is 43.7 Å². The van der Waals surface area contributed by atoms with Gasteiger partial charge in [0.05, 0.1) is 17.5 Å². The second-order valence-electron chi connectivity index (χ2n) is 5.34. The number of hydrogen-bond acceptors (Lipinski definition) is 2. The second-order valence-corrected chi connectivity index (χ2v) is 5.34. The average molecular weight is 282 g/mol. The molecule has 0 unspecified atom stereocenters. The Morgan fingerprint density at radius 2 is 2.14 bits per heavy atom. The van der Waals surface area contributed by atoms with Crippen LogP contribution in [0.25, 0.3) is 11.0 Å². The predicted octanol–water partition coefficient (Wildman–Crippen LogP) is 2.70. The highest BCUT2D eigenvalue weighted by atomic mass is 16.1. The molecule has 0 saturated heterocycles. The van der Waals surface area contributed by atoms with Crippen molar-refractivity contribution in [1.29, 1.82) is 0 Å². The number of H-pyrrole nitrogens is 1. The molecule has 2 aromatic heterocycles. The molecule has 3 rings (SSSR count). The van der Waals surface area contributed by atoms with Crippen LogP contribution in [0.4, 0.5) is 5.69 Å². The van der Waals surface area contributed by atoms with Crippen molar-refractivity contribution < 1.29 is 4.79 Å². The summed E-state index contributed by atoms with van der Waals surface area (Å²) >= 11 is 0. The van der Waals surface area contributed by atoms with E-state index in [0.29, 0.717) is 6.42 Å². The van der Waals surface area contributed by atoms with Crippen LogP contribution in [0, 0.1) is 13.8 Å². The van der Waals surface area contributed by atoms with Gasteiger partial charge in [0.2, 0.25) is 5.91 Å². The Bertz CT molecular complexity index is 813. The highest BCUT2D eigenvalue weighted by Gasteiger charge is 2.08. The molecule has 0 radical (unpaired) electrons. The number of aromatic amines is 1. The molecule has 21 heavy (non-hydrogen) atoms. The lowest BCUT2D eigenvalue weighted by Crippen LogP contribution is -2.13. The number of benzene rings is 1. The molecule has 0 aliphatic carbocycles. The van der Waals surface area contributed by atoms with E-state index >= 15 is 0 Å². The van der Waals surface area contributed by atoms with Gasteiger partial charge in [-0.25, -0.2) is 4.98 Å². The van der Waals surface area contributed by atoms with Crippen LogP contribution in [0.3, 0.4) is 0 Å². The smallest absolute Gasteiger partial charge is 0.228 e. The molecule has 5 heteroatoms. The standard InChI is InChI=1S/C16H18N4O/c1-10-6-12(9-17-10)7-16(21)19-13-4-5-15-14(8-13)18-11(2)20(15)3/h4-6,8-9,17H,7H2,1-3H3,(H,19,21). The van der Waals surface area contributed by atoms with E-state index in [1.54, 1.807) is 0 Å². The fourth-order valence-corrected chi connectivity index (χ4v) is 2.46. The van der Waals surface area contributed by atoms with Gasteiger partial charge in [0.25, 0.3) is 0 Å². The molecule has 0 fully saturated rings. The van der Waals surface area contributed by atoms with Gasteiger partial charge in [-0.2, -0.15) is 0 Å². The third kappa shape index (κ3) is 2.67. The van der Waals surface area contributed by atoms with Gasteiger partial charge in [0.15, 0.2) is 0 Å². The molecule has 0 spiro atoms. The number of fused-ring (bicyclic) bond motifs is 1. The molecule has 0 saturated carbocycles. The van der Waals surface area contributed by atoms with Crippen LogP contribution in [0.15, 0.2) is 30.5 Å². The number of nitrogens with zero attached hydrogens (tertiary/aromatic N) is 2. The minimum atomic E-state index is -0.0268. The molecule has 0 bridgehead atoms. The number of aryl methyl sites for hydroxylation is 3. The number of aromatic nitrogens is 3. The molecule has 5 nitrogen and oxygen atoms in total. The summed E-state index contributed by atoms with van der Waals surface area (Å²) in [6.45, 7) is 3.94. The molecule has 1 aromatic carbocycles. The van der Waals surface area contributed by atoms with Crippen LogP contribution >= 0.6 is 0 Å². The lowest BCUT2D eigenvalue weighted by atomic mass is 10.2. The van der Waals surface area contributed by atoms with E-state index in [0.717, 1.165) is 33.8 Å². The molecular formula is C16H18N4O. The topological polar surface area (TPSA) is 62.7 Å². The van der Waals surface area contributed by atoms with E-state index in [-0.39, 0.29) is 5.91 Å². The lowest BCUT2D eigenvalue weighted by molar-refractivity contribution is -0.115. The summed E-state index contributed by atoms with van der Waals surface area (Å²) in [7, 11) is 1.98. The summed E-state index contributed by atoms with van der Waals surface area (Å²) in [4.78, 5) is 19.6. The monoisotopic (exact) mass is 282 g/mol. The molecule has 2 N–H and O–H groups in total. The zero-order chi connectivity index (χ0) is 15.0. The van der Waals surface area contributed by atoms with Crippen molar-refractivity contribution in [2.24, 2.45) is 7.05 Å². The van der Waals surface area contributed by atoms with Gasteiger partial charge in [-0.15, -0.1) is 0 Å². The van der Waals surface area contributed by atoms with E-state index in [4.69, 9.17) is 0 Å². The highest BCUT2D eigenvalue weighted by Crippen LogP contribution is 2.19. The number of carbonyl (C=O) groups excluding carboxylic acids is 1. The van der Waals surface area contributed by atoms with Gasteiger partial charge in [-0.1, -0.05) is 0 Å². The predicted molar refractivity (Wildman–Crippen MR) is 83.3 cm³/mol. The quantitative estimate of drug-likeness (QED) is 0.776. The number of rotatable bonds is 3. The first-order valence-electron chi connectivity index (χ1n) is 6.90. The van der Waals surface area contributed by atoms with Crippen molar-refractivity contribution in [3.05, 3.63) is 47.5 Å². The summed E-state index contributed by atoms with van der Waals surface area (Å²) < 4.78 is 2.03. The third-order valence-corrected chi connectivity index (χ3v) is 3.64. The Morgan fingerprint density at radius 3 is 2.86 bits per heavy atom. The number of hydrogen-bond donors (Lipinski definition) is 2. The summed E-state index contributed by atoms with van der Waals surface area (Å²) in [5, 5.41) is 2.92. The normalized spacial score (nSPS) is 11.0. The van der Waals surface area contributed by atoms with Gasteiger partial charge in [0.1, 0.15) is 5.82 Å². The fourth-order valence-electron chi connectivity index (χ4n) is 2.46. The first-order chi connectivity index (χ1) is 10.0. The van der Waals surface area contributed by atoms with Gasteiger partial charge >= 0.3 is 0 Å². The zero-order valence-corrected chi connectivity index (χ0v) is 12.4. The van der Waals surface area contributed by atoms with E-state index in [1.165, 1.54) is 0 Å². The average Bonchev–Trinajstić information content (AvgIpc) is 2.94. The molecular weight excluding hydrogens is 264 g/mol. The molecule has 1 amide bonds. The van der Waals surface area contributed by atoms with Crippen molar-refractivity contribution in [2.45, 2.75) is 20.3 Å². The van der Waals surface area contributed by atoms with Crippen molar-refractivity contribution >= 4 is 22.6 Å². The molecule has 0 atom stereocenters. The zero-order valence-electron chi connectivity index (χ0n) is 12.4. The van der Waals surface area contributed by atoms with Crippen LogP contribution in [0.2, 0.25) is 0 Å². The summed E-state index contributed by atoms with van der Waals surface area (Å²) in [5.41, 5.74) is 4.78. The van der Waals surface area contributed by atoms with Crippen molar-refractivity contribution in [3.8, 4) is 0 Å². The van der Waals surface area contributed by atoms with Crippen LogP contribution in [-0.2, 0) is 18.3 Å². The van der Waals surface area contributed by atoms with Crippen LogP contribution in [-0.4, -0.2) is 20.4 Å².